The van der Waals surface area contributed by atoms with Crippen molar-refractivity contribution in [1.29, 1.82) is 0 Å². The van der Waals surface area contributed by atoms with E-state index in [0.29, 0.717) is 17.2 Å². The summed E-state index contributed by atoms with van der Waals surface area (Å²) in [5.41, 5.74) is 7.70. The highest BCUT2D eigenvalue weighted by Crippen LogP contribution is 2.29. The minimum Gasteiger partial charge on any atom is -0.504 e. The predicted octanol–water partition coefficient (Wildman–Crippen LogP) is 2.70. The fraction of sp³-hybridized carbons (Fsp3) is 0.0909. The van der Waals surface area contributed by atoms with E-state index in [0.717, 1.165) is 5.69 Å². The van der Waals surface area contributed by atoms with Gasteiger partial charge in [0, 0.05) is 10.9 Å². The Morgan fingerprint density at radius 2 is 1.88 bits per heavy atom. The van der Waals surface area contributed by atoms with Gasteiger partial charge in [0.25, 0.3) is 11.8 Å². The lowest BCUT2D eigenvalue weighted by Crippen LogP contribution is -2.41. The number of methoxy groups -OCH3 is 1. The number of nitrogens with one attached hydrogen (secondary N) is 2. The molecule has 0 aliphatic rings. The fourth-order valence-corrected chi connectivity index (χ4v) is 3.42. The summed E-state index contributed by atoms with van der Waals surface area (Å²) in [6.07, 6.45) is 1.31. The fourth-order valence-electron chi connectivity index (χ4n) is 2.87. The van der Waals surface area contributed by atoms with Crippen molar-refractivity contribution in [2.45, 2.75) is 6.61 Å². The zero-order chi connectivity index (χ0) is 23.2. The number of thiazole rings is 1. The summed E-state index contributed by atoms with van der Waals surface area (Å²) in [5.74, 6) is -0.889. The number of aromatic hydroxyl groups is 1. The Hall–Kier alpha value is -4.38. The van der Waals surface area contributed by atoms with Gasteiger partial charge in [-0.2, -0.15) is 5.10 Å². The molecule has 0 saturated carbocycles. The Morgan fingerprint density at radius 1 is 1.09 bits per heavy atom. The Kier molecular flexibility index (Phi) is 6.51. The van der Waals surface area contributed by atoms with Crippen molar-refractivity contribution >= 4 is 23.2 Å². The van der Waals surface area contributed by atoms with Crippen molar-refractivity contribution in [2.24, 2.45) is 0 Å². The van der Waals surface area contributed by atoms with E-state index in [-0.39, 0.29) is 23.6 Å². The average molecular weight is 465 g/mol. The Bertz CT molecular complexity index is 1260. The normalized spacial score (nSPS) is 10.5. The molecule has 3 N–H and O–H groups in total. The molecule has 0 unspecified atom stereocenters. The first-order valence-electron chi connectivity index (χ1n) is 9.68. The van der Waals surface area contributed by atoms with E-state index in [1.165, 1.54) is 41.5 Å². The van der Waals surface area contributed by atoms with E-state index < -0.39 is 11.8 Å². The van der Waals surface area contributed by atoms with Gasteiger partial charge in [0.05, 0.1) is 30.2 Å². The minimum atomic E-state index is -0.772. The zero-order valence-corrected chi connectivity index (χ0v) is 18.2. The first-order chi connectivity index (χ1) is 16.0. The van der Waals surface area contributed by atoms with Gasteiger partial charge in [0.2, 0.25) is 0 Å². The lowest BCUT2D eigenvalue weighted by atomic mass is 10.2. The lowest BCUT2D eigenvalue weighted by molar-refractivity contribution is 0.0842. The molecule has 2 aromatic carbocycles. The van der Waals surface area contributed by atoms with Crippen LogP contribution in [0.2, 0.25) is 0 Å². The maximum absolute atomic E-state index is 12.5. The van der Waals surface area contributed by atoms with E-state index in [2.05, 4.69) is 20.9 Å². The molecule has 0 saturated heterocycles. The second-order valence-electron chi connectivity index (χ2n) is 6.69. The van der Waals surface area contributed by atoms with Crippen LogP contribution in [0, 0.1) is 0 Å². The number of hydrogen-bond acceptors (Lipinski definition) is 8. The largest absolute Gasteiger partial charge is 0.504 e. The molecule has 0 atom stereocenters. The van der Waals surface area contributed by atoms with E-state index in [9.17, 15) is 14.7 Å². The molecular formula is C22H19N5O5S. The Labute approximate surface area is 192 Å². The third-order valence-electron chi connectivity index (χ3n) is 4.51. The summed E-state index contributed by atoms with van der Waals surface area (Å²) in [6, 6.07) is 13.6. The Morgan fingerprint density at radius 3 is 2.61 bits per heavy atom. The summed E-state index contributed by atoms with van der Waals surface area (Å²) >= 11 is 1.47. The molecule has 33 heavy (non-hydrogen) atoms. The quantitative estimate of drug-likeness (QED) is 0.358. The van der Waals surface area contributed by atoms with Crippen LogP contribution in [-0.4, -0.2) is 38.8 Å². The number of ether oxygens (including phenoxy) is 2. The molecule has 0 bridgehead atoms. The molecule has 0 aliphatic carbocycles. The molecular weight excluding hydrogens is 446 g/mol. The van der Waals surface area contributed by atoms with Crippen molar-refractivity contribution in [3.63, 3.8) is 0 Å². The highest BCUT2D eigenvalue weighted by molar-refractivity contribution is 7.07. The standard InChI is InChI=1S/C22H19N5O5S/c1-31-19-9-14(7-8-18(19)32-11-15-12-33-13-23-15)21(29)24-25-22(30)20-17(28)10-27(26-20)16-5-3-2-4-6-16/h2-10,12-13,28H,11H2,1H3,(H,24,29)(H,25,30). The lowest BCUT2D eigenvalue weighted by Gasteiger charge is -2.12. The first-order valence-corrected chi connectivity index (χ1v) is 10.6. The molecule has 0 fully saturated rings. The molecule has 10 nitrogen and oxygen atoms in total. The number of para-hydroxylation sites is 1. The van der Waals surface area contributed by atoms with Crippen LogP contribution in [-0.2, 0) is 6.61 Å². The molecule has 0 spiro atoms. The van der Waals surface area contributed by atoms with Crippen molar-refractivity contribution < 1.29 is 24.2 Å². The zero-order valence-electron chi connectivity index (χ0n) is 17.4. The monoisotopic (exact) mass is 465 g/mol. The van der Waals surface area contributed by atoms with Gasteiger partial charge in [-0.15, -0.1) is 11.3 Å². The van der Waals surface area contributed by atoms with E-state index in [4.69, 9.17) is 9.47 Å². The van der Waals surface area contributed by atoms with Crippen LogP contribution in [0.1, 0.15) is 26.5 Å². The maximum atomic E-state index is 12.5. The number of hydrazine groups is 1. The number of amides is 2. The van der Waals surface area contributed by atoms with E-state index in [1.807, 2.05) is 11.4 Å². The topological polar surface area (TPSA) is 128 Å². The number of rotatable bonds is 7. The molecule has 2 heterocycles. The number of aromatic nitrogens is 3. The number of carbonyl (C=O) groups is 2. The molecule has 0 aliphatic heterocycles. The minimum absolute atomic E-state index is 0.229. The number of carbonyl (C=O) groups excluding carboxylic acids is 2. The highest BCUT2D eigenvalue weighted by atomic mass is 32.1. The summed E-state index contributed by atoms with van der Waals surface area (Å²) in [4.78, 5) is 29.1. The van der Waals surface area contributed by atoms with Gasteiger partial charge in [-0.1, -0.05) is 18.2 Å². The van der Waals surface area contributed by atoms with Crippen LogP contribution in [0.4, 0.5) is 0 Å². The molecule has 2 aromatic heterocycles. The molecule has 4 aromatic rings. The first kappa shape index (κ1) is 21.8. The Balaban J connectivity index is 1.39. The van der Waals surface area contributed by atoms with Crippen LogP contribution in [0.15, 0.2) is 65.6 Å². The van der Waals surface area contributed by atoms with Crippen molar-refractivity contribution in [2.75, 3.05) is 7.11 Å². The maximum Gasteiger partial charge on any atom is 0.294 e. The van der Waals surface area contributed by atoms with Gasteiger partial charge >= 0.3 is 0 Å². The van der Waals surface area contributed by atoms with Crippen LogP contribution in [0.25, 0.3) is 5.69 Å². The van der Waals surface area contributed by atoms with Crippen LogP contribution >= 0.6 is 11.3 Å². The van der Waals surface area contributed by atoms with Crippen LogP contribution in [0.5, 0.6) is 17.2 Å². The summed E-state index contributed by atoms with van der Waals surface area (Å²) in [7, 11) is 1.46. The van der Waals surface area contributed by atoms with Gasteiger partial charge in [0.1, 0.15) is 6.61 Å². The van der Waals surface area contributed by atoms with Gasteiger partial charge in [-0.05, 0) is 30.3 Å². The van der Waals surface area contributed by atoms with Gasteiger partial charge in [-0.25, -0.2) is 9.67 Å². The van der Waals surface area contributed by atoms with Gasteiger partial charge < -0.3 is 14.6 Å². The van der Waals surface area contributed by atoms with Crippen molar-refractivity contribution in [3.8, 4) is 22.9 Å². The average Bonchev–Trinajstić information content (AvgIpc) is 3.51. The van der Waals surface area contributed by atoms with Crippen molar-refractivity contribution in [1.82, 2.24) is 25.6 Å². The summed E-state index contributed by atoms with van der Waals surface area (Å²) < 4.78 is 12.4. The third-order valence-corrected chi connectivity index (χ3v) is 5.14. The highest BCUT2D eigenvalue weighted by Gasteiger charge is 2.19. The number of nitrogens with zero attached hydrogens (tertiary/aromatic N) is 3. The third kappa shape index (κ3) is 5.10. The molecule has 2 amide bonds. The summed E-state index contributed by atoms with van der Waals surface area (Å²) in [6.45, 7) is 0.264. The van der Waals surface area contributed by atoms with Gasteiger partial charge in [-0.3, -0.25) is 20.4 Å². The van der Waals surface area contributed by atoms with E-state index >= 15 is 0 Å². The van der Waals surface area contributed by atoms with Crippen LogP contribution in [0.3, 0.4) is 0 Å². The molecule has 4 rings (SSSR count). The van der Waals surface area contributed by atoms with Crippen molar-refractivity contribution in [3.05, 3.63) is 82.6 Å². The predicted molar refractivity (Wildman–Crippen MR) is 120 cm³/mol. The molecule has 168 valence electrons. The second kappa shape index (κ2) is 9.83. The van der Waals surface area contributed by atoms with E-state index in [1.54, 1.807) is 35.8 Å². The second-order valence-corrected chi connectivity index (χ2v) is 7.40. The van der Waals surface area contributed by atoms with Gasteiger partial charge in [0.15, 0.2) is 22.9 Å². The SMILES string of the molecule is COc1cc(C(=O)NNC(=O)c2nn(-c3ccccc3)cc2O)ccc1OCc1cscn1. The number of benzene rings is 2. The summed E-state index contributed by atoms with van der Waals surface area (Å²) in [5, 5.41) is 16.0. The van der Waals surface area contributed by atoms with Crippen LogP contribution < -0.4 is 20.3 Å². The molecule has 0 radical (unpaired) electrons. The number of hydrogen-bond donors (Lipinski definition) is 3. The molecule has 11 heteroatoms. The smallest absolute Gasteiger partial charge is 0.294 e.